The molecule has 61 heavy (non-hydrogen) atoms. The Hall–Kier alpha value is -2.45. The molecule has 0 saturated heterocycles. The van der Waals surface area contributed by atoms with E-state index in [1.807, 2.05) is 21.1 Å². The van der Waals surface area contributed by atoms with Crippen LogP contribution < -0.4 is 0 Å². The summed E-state index contributed by atoms with van der Waals surface area (Å²) in [4.78, 5) is 37.1. The molecule has 0 aliphatic heterocycles. The average molecular weight is 861 g/mol. The lowest BCUT2D eigenvalue weighted by Crippen LogP contribution is -2.50. The van der Waals surface area contributed by atoms with Crippen molar-refractivity contribution in [1.29, 1.82) is 0 Å². The van der Waals surface area contributed by atoms with Crippen molar-refractivity contribution in [2.75, 3.05) is 41.0 Å². The predicted octanol–water partition coefficient (Wildman–Crippen LogP) is 14.6. The van der Waals surface area contributed by atoms with Crippen LogP contribution in [0, 0.1) is 0 Å². The van der Waals surface area contributed by atoms with Gasteiger partial charge in [0.25, 0.3) is 0 Å². The van der Waals surface area contributed by atoms with Crippen molar-refractivity contribution < 1.29 is 38.2 Å². The van der Waals surface area contributed by atoms with Crippen molar-refractivity contribution in [3.05, 3.63) is 36.5 Å². The van der Waals surface area contributed by atoms with Crippen LogP contribution in [0.15, 0.2) is 36.5 Å². The molecule has 0 heterocycles. The molecule has 8 nitrogen and oxygen atoms in total. The minimum Gasteiger partial charge on any atom is -0.477 e. The number of hydrogen-bond donors (Lipinski definition) is 1. The minimum atomic E-state index is -0.874. The maximum absolute atomic E-state index is 12.8. The second kappa shape index (κ2) is 44.2. The van der Waals surface area contributed by atoms with Crippen LogP contribution in [0.3, 0.4) is 0 Å². The maximum atomic E-state index is 12.8. The fraction of sp³-hybridized carbons (Fsp3) is 0.830. The molecule has 0 aliphatic carbocycles. The third kappa shape index (κ3) is 42.6. The van der Waals surface area contributed by atoms with E-state index in [9.17, 15) is 19.5 Å². The second-order valence-corrected chi connectivity index (χ2v) is 18.4. The number of nitrogens with zero attached hydrogens (tertiary/aromatic N) is 1. The highest BCUT2D eigenvalue weighted by Crippen LogP contribution is 2.15. The molecule has 0 aromatic rings. The van der Waals surface area contributed by atoms with Crippen LogP contribution >= 0.6 is 0 Å². The molecule has 0 fully saturated rings. The fourth-order valence-electron chi connectivity index (χ4n) is 7.55. The van der Waals surface area contributed by atoms with Gasteiger partial charge in [-0.05, 0) is 64.2 Å². The number of quaternary nitrogens is 1. The van der Waals surface area contributed by atoms with Gasteiger partial charge >= 0.3 is 17.9 Å². The van der Waals surface area contributed by atoms with Gasteiger partial charge in [0.15, 0.2) is 12.1 Å². The molecule has 1 N–H and O–H groups in total. The van der Waals surface area contributed by atoms with E-state index in [1.165, 1.54) is 161 Å². The number of esters is 2. The van der Waals surface area contributed by atoms with Crippen LogP contribution in [0.1, 0.15) is 232 Å². The van der Waals surface area contributed by atoms with Crippen molar-refractivity contribution in [2.24, 2.45) is 0 Å². The monoisotopic (exact) mass is 861 g/mol. The Morgan fingerprint density at radius 2 is 0.869 bits per heavy atom. The first-order valence-corrected chi connectivity index (χ1v) is 25.5. The van der Waals surface area contributed by atoms with Crippen molar-refractivity contribution >= 4 is 17.9 Å². The first-order valence-electron chi connectivity index (χ1n) is 25.5. The number of rotatable bonds is 46. The van der Waals surface area contributed by atoms with Crippen molar-refractivity contribution in [2.45, 2.75) is 244 Å². The van der Waals surface area contributed by atoms with E-state index in [2.05, 4.69) is 50.3 Å². The molecule has 0 spiro atoms. The fourth-order valence-corrected chi connectivity index (χ4v) is 7.55. The Bertz CT molecular complexity index is 1090. The van der Waals surface area contributed by atoms with E-state index in [-0.39, 0.29) is 36.2 Å². The summed E-state index contributed by atoms with van der Waals surface area (Å²) in [7, 11) is 5.54. The van der Waals surface area contributed by atoms with E-state index in [0.29, 0.717) is 19.3 Å². The number of carboxylic acid groups (broad SMARTS) is 1. The molecule has 0 radical (unpaired) electrons. The molecule has 0 rings (SSSR count). The average Bonchev–Trinajstić information content (AvgIpc) is 3.22. The lowest BCUT2D eigenvalue weighted by atomic mass is 10.1. The summed E-state index contributed by atoms with van der Waals surface area (Å²) in [5, 5.41) is 9.65. The highest BCUT2D eigenvalue weighted by molar-refractivity contribution is 5.72. The standard InChI is InChI=1S/C53H97NO7/c1-6-8-10-12-14-16-18-20-22-24-25-26-28-29-31-33-35-37-39-41-43-51(55)60-48-49(47-59-46-45-50(53(57)58)54(3,4)5)61-52(56)44-42-40-38-36-34-32-30-27-23-21-19-17-15-13-11-9-7-2/h16,18,20-23,49-50H,6-15,17,19,24-48H2,1-5H3/p+1/b18-16+,22-20+,23-21+. The van der Waals surface area contributed by atoms with E-state index in [0.717, 1.165) is 38.5 Å². The number of likely N-dealkylation sites (N-methyl/N-ethyl adjacent to an activating group) is 1. The van der Waals surface area contributed by atoms with E-state index in [4.69, 9.17) is 14.2 Å². The third-order valence-corrected chi connectivity index (χ3v) is 11.5. The van der Waals surface area contributed by atoms with Crippen molar-refractivity contribution in [3.63, 3.8) is 0 Å². The summed E-state index contributed by atoms with van der Waals surface area (Å²) in [5.74, 6) is -1.47. The zero-order valence-electron chi connectivity index (χ0n) is 40.6. The van der Waals surface area contributed by atoms with E-state index in [1.54, 1.807) is 0 Å². The Morgan fingerprint density at radius 1 is 0.492 bits per heavy atom. The van der Waals surface area contributed by atoms with Crippen LogP contribution in [0.4, 0.5) is 0 Å². The summed E-state index contributed by atoms with van der Waals surface area (Å²) in [5.41, 5.74) is 0. The predicted molar refractivity (Wildman–Crippen MR) is 257 cm³/mol. The lowest BCUT2D eigenvalue weighted by molar-refractivity contribution is -0.887. The van der Waals surface area contributed by atoms with Gasteiger partial charge in [0.1, 0.15) is 6.61 Å². The Kier molecular flexibility index (Phi) is 42.4. The van der Waals surface area contributed by atoms with Crippen LogP contribution in [0.5, 0.6) is 0 Å². The highest BCUT2D eigenvalue weighted by Gasteiger charge is 2.31. The quantitative estimate of drug-likeness (QED) is 0.0214. The van der Waals surface area contributed by atoms with Gasteiger partial charge in [-0.2, -0.15) is 0 Å². The Morgan fingerprint density at radius 3 is 1.30 bits per heavy atom. The first-order chi connectivity index (χ1) is 29.6. The third-order valence-electron chi connectivity index (χ3n) is 11.5. The SMILES string of the molecule is CCCCCC/C=C/C=C/CCCCCCCCCCCCC(=O)OCC(COCCC(C(=O)O)[N+](C)(C)C)OC(=O)CCCCCCCCC/C=C/CCCCCCCC. The zero-order chi connectivity index (χ0) is 44.9. The van der Waals surface area contributed by atoms with Gasteiger partial charge in [-0.15, -0.1) is 0 Å². The van der Waals surface area contributed by atoms with E-state index < -0.39 is 18.1 Å². The molecule has 0 aromatic carbocycles. The first kappa shape index (κ1) is 58.6. The largest absolute Gasteiger partial charge is 0.477 e. The summed E-state index contributed by atoms with van der Waals surface area (Å²) < 4.78 is 17.4. The molecule has 8 heteroatoms. The van der Waals surface area contributed by atoms with Gasteiger partial charge in [-0.3, -0.25) is 9.59 Å². The molecule has 0 aromatic heterocycles. The highest BCUT2D eigenvalue weighted by atomic mass is 16.6. The van der Waals surface area contributed by atoms with E-state index >= 15 is 0 Å². The number of allylic oxidation sites excluding steroid dienone is 6. The smallest absolute Gasteiger partial charge is 0.362 e. The number of hydrogen-bond acceptors (Lipinski definition) is 6. The van der Waals surface area contributed by atoms with Gasteiger partial charge < -0.3 is 23.8 Å². The summed E-state index contributed by atoms with van der Waals surface area (Å²) in [6.45, 7) is 4.73. The van der Waals surface area contributed by atoms with Crippen molar-refractivity contribution in [1.82, 2.24) is 0 Å². The van der Waals surface area contributed by atoms with Crippen LogP contribution in [-0.4, -0.2) is 80.6 Å². The maximum Gasteiger partial charge on any atom is 0.362 e. The second-order valence-electron chi connectivity index (χ2n) is 18.4. The van der Waals surface area contributed by atoms with Gasteiger partial charge in [0, 0.05) is 19.3 Å². The van der Waals surface area contributed by atoms with Crippen LogP contribution in [0.25, 0.3) is 0 Å². The van der Waals surface area contributed by atoms with Gasteiger partial charge in [-0.1, -0.05) is 185 Å². The molecule has 0 amide bonds. The molecule has 0 saturated carbocycles. The summed E-state index contributed by atoms with van der Waals surface area (Å²) in [6, 6.07) is -0.615. The molecule has 2 atom stereocenters. The number of carbonyl (C=O) groups is 3. The topological polar surface area (TPSA) is 99.1 Å². The Labute approximate surface area is 376 Å². The number of aliphatic carboxylic acids is 1. The van der Waals surface area contributed by atoms with Crippen molar-refractivity contribution in [3.8, 4) is 0 Å². The summed E-state index contributed by atoms with van der Waals surface area (Å²) >= 11 is 0. The normalized spacial score (nSPS) is 13.1. The number of ether oxygens (including phenoxy) is 3. The number of carbonyl (C=O) groups excluding carboxylic acids is 2. The molecule has 0 bridgehead atoms. The number of unbranched alkanes of at least 4 members (excludes halogenated alkanes) is 27. The Balaban J connectivity index is 4.25. The molecule has 2 unspecified atom stereocenters. The van der Waals surface area contributed by atoms with Gasteiger partial charge in [0.2, 0.25) is 0 Å². The van der Waals surface area contributed by atoms with Gasteiger partial charge in [-0.25, -0.2) is 4.79 Å². The lowest BCUT2D eigenvalue weighted by Gasteiger charge is -2.31. The molecular weight excluding hydrogens is 763 g/mol. The minimum absolute atomic E-state index is 0.0525. The molecule has 356 valence electrons. The summed E-state index contributed by atoms with van der Waals surface area (Å²) in [6.07, 6.45) is 51.8. The van der Waals surface area contributed by atoms with Gasteiger partial charge in [0.05, 0.1) is 34.4 Å². The van der Waals surface area contributed by atoms with Crippen LogP contribution in [0.2, 0.25) is 0 Å². The van der Waals surface area contributed by atoms with Crippen LogP contribution in [-0.2, 0) is 28.6 Å². The zero-order valence-corrected chi connectivity index (χ0v) is 40.6. The number of carboxylic acids is 1. The molecular formula is C53H98NO7+. The molecule has 0 aliphatic rings.